The first-order valence-electron chi connectivity index (χ1n) is 8.02. The molecule has 0 saturated carbocycles. The van der Waals surface area contributed by atoms with Crippen LogP contribution in [0.1, 0.15) is 5.56 Å². The molecule has 1 amide bonds. The second-order valence-corrected chi connectivity index (χ2v) is 7.47. The molecule has 0 aliphatic heterocycles. The number of hydrogen-bond donors (Lipinski definition) is 2. The molecule has 3 aromatic rings. The number of benzene rings is 2. The summed E-state index contributed by atoms with van der Waals surface area (Å²) in [5.41, 5.74) is 2.52. The summed E-state index contributed by atoms with van der Waals surface area (Å²) in [6, 6.07) is 13.0. The van der Waals surface area contributed by atoms with Crippen LogP contribution in [0.25, 0.3) is 11.4 Å². The molecule has 9 heteroatoms. The zero-order valence-corrected chi connectivity index (χ0v) is 17.2. The van der Waals surface area contributed by atoms with Crippen LogP contribution >= 0.6 is 27.7 Å². The summed E-state index contributed by atoms with van der Waals surface area (Å²) in [6.07, 6.45) is 0. The maximum atomic E-state index is 12.2. The van der Waals surface area contributed by atoms with Gasteiger partial charge in [0.15, 0.2) is 5.82 Å². The predicted octanol–water partition coefficient (Wildman–Crippen LogP) is 3.47. The van der Waals surface area contributed by atoms with Crippen LogP contribution in [0.4, 0.5) is 5.69 Å². The molecule has 0 bridgehead atoms. The molecule has 0 unspecified atom stereocenters. The first-order valence-corrected chi connectivity index (χ1v) is 9.80. The number of anilines is 1. The summed E-state index contributed by atoms with van der Waals surface area (Å²) in [5, 5.41) is 11.5. The maximum Gasteiger partial charge on any atom is 0.234 e. The lowest BCUT2D eigenvalue weighted by Crippen LogP contribution is -2.16. The Hall–Kier alpha value is -2.52. The van der Waals surface area contributed by atoms with Gasteiger partial charge in [-0.25, -0.2) is 4.68 Å². The number of halogens is 1. The molecule has 7 nitrogen and oxygen atoms in total. The molecule has 0 radical (unpaired) electrons. The van der Waals surface area contributed by atoms with Gasteiger partial charge in [0.1, 0.15) is 5.75 Å². The maximum absolute atomic E-state index is 12.2. The standard InChI is InChI=1S/C18H18BrN5O2S/c1-11-9-12(7-8-14(11)19)21-16(25)10-27-18-23-22-17(24(18)20)13-5-3-4-6-15(13)26-2/h3-9H,10,20H2,1-2H3,(H,21,25). The molecular formula is C18H18BrN5O2S. The van der Waals surface area contributed by atoms with Crippen LogP contribution in [-0.4, -0.2) is 33.6 Å². The fourth-order valence-corrected chi connectivity index (χ4v) is 3.34. The number of nitrogens with one attached hydrogen (secondary N) is 1. The Bertz CT molecular complexity index is 976. The number of carbonyl (C=O) groups is 1. The van der Waals surface area contributed by atoms with Crippen molar-refractivity contribution in [3.8, 4) is 17.1 Å². The van der Waals surface area contributed by atoms with E-state index in [1.165, 1.54) is 16.4 Å². The van der Waals surface area contributed by atoms with Gasteiger partial charge in [0.05, 0.1) is 18.4 Å². The van der Waals surface area contributed by atoms with Gasteiger partial charge < -0.3 is 15.9 Å². The number of ether oxygens (including phenoxy) is 1. The van der Waals surface area contributed by atoms with E-state index >= 15 is 0 Å². The average Bonchev–Trinajstić information content (AvgIpc) is 3.03. The molecule has 0 aliphatic carbocycles. The van der Waals surface area contributed by atoms with Crippen LogP contribution in [0.2, 0.25) is 0 Å². The number of methoxy groups -OCH3 is 1. The summed E-state index contributed by atoms with van der Waals surface area (Å²) >= 11 is 4.65. The van der Waals surface area contributed by atoms with Gasteiger partial charge in [-0.05, 0) is 42.8 Å². The summed E-state index contributed by atoms with van der Waals surface area (Å²) in [4.78, 5) is 12.2. The molecule has 3 rings (SSSR count). The van der Waals surface area contributed by atoms with E-state index in [2.05, 4.69) is 31.4 Å². The molecule has 2 aromatic carbocycles. The monoisotopic (exact) mass is 447 g/mol. The minimum atomic E-state index is -0.149. The average molecular weight is 448 g/mol. The second-order valence-electron chi connectivity index (χ2n) is 5.68. The summed E-state index contributed by atoms with van der Waals surface area (Å²) in [7, 11) is 1.58. The van der Waals surface area contributed by atoms with Crippen molar-refractivity contribution in [3.63, 3.8) is 0 Å². The van der Waals surface area contributed by atoms with E-state index in [-0.39, 0.29) is 11.7 Å². The Morgan fingerprint density at radius 3 is 2.81 bits per heavy atom. The first-order chi connectivity index (χ1) is 13.0. The van der Waals surface area contributed by atoms with Gasteiger partial charge in [-0.1, -0.05) is 39.8 Å². The summed E-state index contributed by atoms with van der Waals surface area (Å²) in [6.45, 7) is 1.96. The van der Waals surface area contributed by atoms with Crippen molar-refractivity contribution >= 4 is 39.3 Å². The highest BCUT2D eigenvalue weighted by Crippen LogP contribution is 2.29. The minimum absolute atomic E-state index is 0.149. The number of para-hydroxylation sites is 1. The lowest BCUT2D eigenvalue weighted by atomic mass is 10.2. The minimum Gasteiger partial charge on any atom is -0.496 e. The van der Waals surface area contributed by atoms with Gasteiger partial charge in [-0.15, -0.1) is 10.2 Å². The third kappa shape index (κ3) is 4.42. The number of aromatic nitrogens is 3. The molecule has 1 heterocycles. The lowest BCUT2D eigenvalue weighted by molar-refractivity contribution is -0.113. The van der Waals surface area contributed by atoms with Crippen LogP contribution in [-0.2, 0) is 4.79 Å². The van der Waals surface area contributed by atoms with Crippen LogP contribution in [0.5, 0.6) is 5.75 Å². The number of hydrogen-bond acceptors (Lipinski definition) is 6. The normalized spacial score (nSPS) is 10.6. The van der Waals surface area contributed by atoms with Crippen LogP contribution in [0.15, 0.2) is 52.1 Å². The van der Waals surface area contributed by atoms with Gasteiger partial charge in [0.25, 0.3) is 0 Å². The Morgan fingerprint density at radius 1 is 1.30 bits per heavy atom. The molecule has 1 aromatic heterocycles. The number of amides is 1. The molecule has 140 valence electrons. The van der Waals surface area contributed by atoms with E-state index in [0.717, 1.165) is 21.3 Å². The van der Waals surface area contributed by atoms with Crippen LogP contribution in [0, 0.1) is 6.92 Å². The van der Waals surface area contributed by atoms with Crippen molar-refractivity contribution in [2.75, 3.05) is 24.0 Å². The molecule has 0 saturated heterocycles. The molecule has 0 aliphatic rings. The third-order valence-electron chi connectivity index (χ3n) is 3.79. The molecule has 0 fully saturated rings. The number of thioether (sulfide) groups is 1. The highest BCUT2D eigenvalue weighted by molar-refractivity contribution is 9.10. The van der Waals surface area contributed by atoms with E-state index in [1.54, 1.807) is 7.11 Å². The van der Waals surface area contributed by atoms with Crippen molar-refractivity contribution < 1.29 is 9.53 Å². The SMILES string of the molecule is COc1ccccc1-c1nnc(SCC(=O)Nc2ccc(Br)c(C)c2)n1N. The van der Waals surface area contributed by atoms with Crippen molar-refractivity contribution in [1.82, 2.24) is 14.9 Å². The molecule has 0 spiro atoms. The van der Waals surface area contributed by atoms with Gasteiger partial charge in [0, 0.05) is 10.2 Å². The van der Waals surface area contributed by atoms with Crippen molar-refractivity contribution in [3.05, 3.63) is 52.5 Å². The van der Waals surface area contributed by atoms with Crippen molar-refractivity contribution in [2.45, 2.75) is 12.1 Å². The smallest absolute Gasteiger partial charge is 0.234 e. The Labute approximate surface area is 169 Å². The van der Waals surface area contributed by atoms with Crippen LogP contribution < -0.4 is 15.9 Å². The second kappa shape index (κ2) is 8.45. The highest BCUT2D eigenvalue weighted by atomic mass is 79.9. The fourth-order valence-electron chi connectivity index (χ4n) is 2.44. The van der Waals surface area contributed by atoms with Crippen molar-refractivity contribution in [1.29, 1.82) is 0 Å². The lowest BCUT2D eigenvalue weighted by Gasteiger charge is -2.08. The van der Waals surface area contributed by atoms with E-state index in [0.29, 0.717) is 16.7 Å². The molecular weight excluding hydrogens is 430 g/mol. The van der Waals surface area contributed by atoms with Gasteiger partial charge in [-0.2, -0.15) is 0 Å². The van der Waals surface area contributed by atoms with E-state index in [4.69, 9.17) is 10.6 Å². The molecule has 0 atom stereocenters. The van der Waals surface area contributed by atoms with E-state index in [1.807, 2.05) is 49.4 Å². The number of carbonyl (C=O) groups excluding carboxylic acids is 1. The Morgan fingerprint density at radius 2 is 2.07 bits per heavy atom. The van der Waals surface area contributed by atoms with Gasteiger partial charge in [0.2, 0.25) is 11.1 Å². The number of rotatable bonds is 6. The predicted molar refractivity (Wildman–Crippen MR) is 110 cm³/mol. The van der Waals surface area contributed by atoms with Crippen molar-refractivity contribution in [2.24, 2.45) is 0 Å². The third-order valence-corrected chi connectivity index (χ3v) is 5.62. The number of nitrogens with zero attached hydrogens (tertiary/aromatic N) is 3. The summed E-state index contributed by atoms with van der Waals surface area (Å²) < 4.78 is 7.69. The number of nitrogen functional groups attached to an aromatic ring is 1. The Balaban J connectivity index is 1.67. The molecule has 3 N–H and O–H groups in total. The zero-order chi connectivity index (χ0) is 19.4. The highest BCUT2D eigenvalue weighted by Gasteiger charge is 2.16. The van der Waals surface area contributed by atoms with Gasteiger partial charge >= 0.3 is 0 Å². The molecule has 27 heavy (non-hydrogen) atoms. The zero-order valence-electron chi connectivity index (χ0n) is 14.8. The number of aryl methyl sites for hydroxylation is 1. The topological polar surface area (TPSA) is 95.1 Å². The summed E-state index contributed by atoms with van der Waals surface area (Å²) in [5.74, 6) is 7.25. The number of nitrogens with two attached hydrogens (primary N) is 1. The first kappa shape index (κ1) is 19.2. The van der Waals surface area contributed by atoms with E-state index in [9.17, 15) is 4.79 Å². The van der Waals surface area contributed by atoms with Gasteiger partial charge in [-0.3, -0.25) is 4.79 Å². The van der Waals surface area contributed by atoms with E-state index < -0.39 is 0 Å². The fraction of sp³-hybridized carbons (Fsp3) is 0.167. The quantitative estimate of drug-likeness (QED) is 0.443. The van der Waals surface area contributed by atoms with Crippen LogP contribution in [0.3, 0.4) is 0 Å². The largest absolute Gasteiger partial charge is 0.496 e. The Kier molecular flexibility index (Phi) is 6.02.